The van der Waals surface area contributed by atoms with Gasteiger partial charge >= 0.3 is 0 Å². The minimum absolute atomic E-state index is 0.183. The molecule has 29 heavy (non-hydrogen) atoms. The Morgan fingerprint density at radius 1 is 1.14 bits per heavy atom. The molecule has 3 rings (SSSR count). The number of morpholine rings is 1. The summed E-state index contributed by atoms with van der Waals surface area (Å²) >= 11 is 0. The van der Waals surface area contributed by atoms with Crippen LogP contribution in [0, 0.1) is 5.82 Å². The summed E-state index contributed by atoms with van der Waals surface area (Å²) in [6.45, 7) is 4.95. The summed E-state index contributed by atoms with van der Waals surface area (Å²) in [6.07, 6.45) is -0.599. The lowest BCUT2D eigenvalue weighted by atomic mass is 10.1. The highest BCUT2D eigenvalue weighted by atomic mass is 19.1. The molecular weight excluding hydrogens is 375 g/mol. The van der Waals surface area contributed by atoms with E-state index < -0.39 is 6.10 Å². The number of nitrogens with one attached hydrogen (secondary N) is 1. The van der Waals surface area contributed by atoms with E-state index in [1.807, 2.05) is 18.2 Å². The zero-order chi connectivity index (χ0) is 20.5. The molecule has 1 aliphatic heterocycles. The molecule has 0 radical (unpaired) electrons. The molecule has 0 amide bonds. The van der Waals surface area contributed by atoms with Crippen molar-refractivity contribution in [3.63, 3.8) is 0 Å². The maximum Gasteiger partial charge on any atom is 0.165 e. The first-order valence-electron chi connectivity index (χ1n) is 9.87. The monoisotopic (exact) mass is 404 g/mol. The molecule has 0 spiro atoms. The Hall–Kier alpha value is -2.19. The Morgan fingerprint density at radius 3 is 2.62 bits per heavy atom. The van der Waals surface area contributed by atoms with Crippen LogP contribution in [0.15, 0.2) is 42.5 Å². The molecule has 1 fully saturated rings. The standard InChI is InChI=1S/C22H29FN2O4/c1-27-21-4-2-3-18(14-24-13-17-5-7-19(23)8-6-17)22(21)29-16-20(26)15-25-9-11-28-12-10-25/h2-8,20,24,26H,9-16H2,1H3/t20-/m1/s1. The number of halogens is 1. The van der Waals surface area contributed by atoms with Crippen molar-refractivity contribution >= 4 is 0 Å². The zero-order valence-corrected chi connectivity index (χ0v) is 16.8. The summed E-state index contributed by atoms with van der Waals surface area (Å²) in [5.74, 6) is 1.01. The van der Waals surface area contributed by atoms with Crippen LogP contribution in [0.3, 0.4) is 0 Å². The van der Waals surface area contributed by atoms with Crippen molar-refractivity contribution in [1.29, 1.82) is 0 Å². The first kappa shape index (κ1) is 21.5. The number of benzene rings is 2. The number of hydrogen-bond acceptors (Lipinski definition) is 6. The molecule has 0 aromatic heterocycles. The van der Waals surface area contributed by atoms with Gasteiger partial charge in [0.05, 0.1) is 20.3 Å². The fourth-order valence-corrected chi connectivity index (χ4v) is 3.28. The molecular formula is C22H29FN2O4. The van der Waals surface area contributed by atoms with Crippen molar-refractivity contribution in [3.8, 4) is 11.5 Å². The first-order valence-corrected chi connectivity index (χ1v) is 9.87. The maximum absolute atomic E-state index is 13.0. The quantitative estimate of drug-likeness (QED) is 0.633. The van der Waals surface area contributed by atoms with Crippen LogP contribution in [-0.2, 0) is 17.8 Å². The molecule has 0 unspecified atom stereocenters. The lowest BCUT2D eigenvalue weighted by Crippen LogP contribution is -2.42. The van der Waals surface area contributed by atoms with Crippen molar-refractivity contribution in [2.75, 3.05) is 46.6 Å². The third kappa shape index (κ3) is 6.68. The number of rotatable bonds is 10. The van der Waals surface area contributed by atoms with Gasteiger partial charge in [0.2, 0.25) is 0 Å². The second-order valence-corrected chi connectivity index (χ2v) is 7.06. The van der Waals surface area contributed by atoms with E-state index in [1.54, 1.807) is 19.2 Å². The topological polar surface area (TPSA) is 63.2 Å². The Morgan fingerprint density at radius 2 is 1.90 bits per heavy atom. The van der Waals surface area contributed by atoms with Crippen LogP contribution in [-0.4, -0.2) is 62.7 Å². The van der Waals surface area contributed by atoms with E-state index in [2.05, 4.69) is 10.2 Å². The van der Waals surface area contributed by atoms with Gasteiger partial charge in [-0.1, -0.05) is 24.3 Å². The fraction of sp³-hybridized carbons (Fsp3) is 0.455. The van der Waals surface area contributed by atoms with Crippen molar-refractivity contribution in [2.24, 2.45) is 0 Å². The van der Waals surface area contributed by atoms with Gasteiger partial charge in [0, 0.05) is 38.3 Å². The average molecular weight is 404 g/mol. The number of β-amino-alcohol motifs (C(OH)–C–C–N with tert-alkyl or cyclic N) is 1. The number of methoxy groups -OCH3 is 1. The number of para-hydroxylation sites is 1. The second kappa shape index (κ2) is 11.1. The number of nitrogens with zero attached hydrogens (tertiary/aromatic N) is 1. The lowest BCUT2D eigenvalue weighted by molar-refractivity contribution is 0.00436. The van der Waals surface area contributed by atoms with E-state index in [4.69, 9.17) is 14.2 Å². The van der Waals surface area contributed by atoms with Crippen LogP contribution < -0.4 is 14.8 Å². The molecule has 2 N–H and O–H groups in total. The normalized spacial score (nSPS) is 15.8. The minimum atomic E-state index is -0.599. The Kier molecular flexibility index (Phi) is 8.25. The Balaban J connectivity index is 1.55. The van der Waals surface area contributed by atoms with E-state index in [0.29, 0.717) is 44.3 Å². The molecule has 0 bridgehead atoms. The third-order valence-corrected chi connectivity index (χ3v) is 4.83. The van der Waals surface area contributed by atoms with Gasteiger partial charge in [-0.05, 0) is 23.8 Å². The summed E-state index contributed by atoms with van der Waals surface area (Å²) in [5, 5.41) is 13.7. The van der Waals surface area contributed by atoms with Gasteiger partial charge in [-0.15, -0.1) is 0 Å². The molecule has 1 atom stereocenters. The van der Waals surface area contributed by atoms with Crippen LogP contribution in [0.2, 0.25) is 0 Å². The van der Waals surface area contributed by atoms with Crippen molar-refractivity contribution in [2.45, 2.75) is 19.2 Å². The molecule has 0 saturated carbocycles. The minimum Gasteiger partial charge on any atom is -0.493 e. The zero-order valence-electron chi connectivity index (χ0n) is 16.8. The van der Waals surface area contributed by atoms with Crippen LogP contribution in [0.4, 0.5) is 4.39 Å². The highest BCUT2D eigenvalue weighted by Gasteiger charge is 2.17. The van der Waals surface area contributed by atoms with E-state index in [1.165, 1.54) is 12.1 Å². The molecule has 2 aromatic rings. The van der Waals surface area contributed by atoms with Gasteiger partial charge in [-0.2, -0.15) is 0 Å². The van der Waals surface area contributed by atoms with Gasteiger partial charge in [0.1, 0.15) is 18.5 Å². The van der Waals surface area contributed by atoms with Gasteiger partial charge < -0.3 is 24.6 Å². The second-order valence-electron chi connectivity index (χ2n) is 7.06. The van der Waals surface area contributed by atoms with E-state index in [9.17, 15) is 9.50 Å². The van der Waals surface area contributed by atoms with Gasteiger partial charge in [0.25, 0.3) is 0 Å². The molecule has 0 aliphatic carbocycles. The fourth-order valence-electron chi connectivity index (χ4n) is 3.28. The van der Waals surface area contributed by atoms with Gasteiger partial charge in [-0.25, -0.2) is 4.39 Å². The molecule has 158 valence electrons. The number of aliphatic hydroxyl groups excluding tert-OH is 1. The highest BCUT2D eigenvalue weighted by Crippen LogP contribution is 2.31. The molecule has 2 aromatic carbocycles. The summed E-state index contributed by atoms with van der Waals surface area (Å²) in [6, 6.07) is 12.1. The van der Waals surface area contributed by atoms with Crippen LogP contribution in [0.1, 0.15) is 11.1 Å². The van der Waals surface area contributed by atoms with E-state index in [0.717, 1.165) is 24.2 Å². The number of aliphatic hydroxyl groups is 1. The third-order valence-electron chi connectivity index (χ3n) is 4.83. The number of ether oxygens (including phenoxy) is 3. The van der Waals surface area contributed by atoms with Gasteiger partial charge in [0.15, 0.2) is 11.5 Å². The Bertz CT molecular complexity index is 751. The van der Waals surface area contributed by atoms with Crippen LogP contribution in [0.5, 0.6) is 11.5 Å². The summed E-state index contributed by atoms with van der Waals surface area (Å²) in [4.78, 5) is 2.17. The predicted octanol–water partition coefficient (Wildman–Crippen LogP) is 2.20. The van der Waals surface area contributed by atoms with Crippen LogP contribution in [0.25, 0.3) is 0 Å². The summed E-state index contributed by atoms with van der Waals surface area (Å²) in [5.41, 5.74) is 1.93. The average Bonchev–Trinajstić information content (AvgIpc) is 2.74. The first-order chi connectivity index (χ1) is 14.2. The molecule has 7 heteroatoms. The Labute approximate surface area is 171 Å². The molecule has 1 saturated heterocycles. The molecule has 1 aliphatic rings. The predicted molar refractivity (Wildman–Crippen MR) is 109 cm³/mol. The van der Waals surface area contributed by atoms with Crippen molar-refractivity contribution in [3.05, 3.63) is 59.4 Å². The van der Waals surface area contributed by atoms with E-state index in [-0.39, 0.29) is 12.4 Å². The smallest absolute Gasteiger partial charge is 0.165 e. The van der Waals surface area contributed by atoms with Crippen molar-refractivity contribution in [1.82, 2.24) is 10.2 Å². The largest absolute Gasteiger partial charge is 0.493 e. The van der Waals surface area contributed by atoms with E-state index >= 15 is 0 Å². The highest BCUT2D eigenvalue weighted by molar-refractivity contribution is 5.46. The number of hydrogen-bond donors (Lipinski definition) is 2. The van der Waals surface area contributed by atoms with Crippen molar-refractivity contribution < 1.29 is 23.7 Å². The summed E-state index contributed by atoms with van der Waals surface area (Å²) in [7, 11) is 1.60. The van der Waals surface area contributed by atoms with Gasteiger partial charge in [-0.3, -0.25) is 4.90 Å². The lowest BCUT2D eigenvalue weighted by Gasteiger charge is -2.28. The summed E-state index contributed by atoms with van der Waals surface area (Å²) < 4.78 is 29.8. The molecule has 1 heterocycles. The van der Waals surface area contributed by atoms with Crippen LogP contribution >= 0.6 is 0 Å². The maximum atomic E-state index is 13.0. The molecule has 6 nitrogen and oxygen atoms in total. The SMILES string of the molecule is COc1cccc(CNCc2ccc(F)cc2)c1OC[C@H](O)CN1CCOCC1.